The van der Waals surface area contributed by atoms with Crippen molar-refractivity contribution in [2.24, 2.45) is 0 Å². The number of rotatable bonds is 8. The van der Waals surface area contributed by atoms with Crippen molar-refractivity contribution in [2.45, 2.75) is 25.7 Å². The van der Waals surface area contributed by atoms with Crippen LogP contribution in [0, 0.1) is 0 Å². The molecule has 0 amide bonds. The average Bonchev–Trinajstić information content (AvgIpc) is 2.63. The number of ketones is 1. The molecule has 0 radical (unpaired) electrons. The van der Waals surface area contributed by atoms with Crippen LogP contribution in [0.2, 0.25) is 0 Å². The first-order valence-corrected chi connectivity index (χ1v) is 9.94. The summed E-state index contributed by atoms with van der Waals surface area (Å²) in [7, 11) is -3.91. The van der Waals surface area contributed by atoms with Crippen molar-refractivity contribution < 1.29 is 23.1 Å². The Morgan fingerprint density at radius 2 is 1.63 bits per heavy atom. The van der Waals surface area contributed by atoms with Gasteiger partial charge < -0.3 is 10.0 Å². The van der Waals surface area contributed by atoms with Crippen LogP contribution in [-0.4, -0.2) is 38.4 Å². The molecule has 2 N–H and O–H groups in total. The van der Waals surface area contributed by atoms with Crippen LogP contribution in [0.4, 0.5) is 11.4 Å². The van der Waals surface area contributed by atoms with E-state index in [9.17, 15) is 23.1 Å². The van der Waals surface area contributed by atoms with Gasteiger partial charge in [-0.3, -0.25) is 9.52 Å². The van der Waals surface area contributed by atoms with Crippen molar-refractivity contribution in [3.8, 4) is 0 Å². The normalized spacial score (nSPS) is 11.1. The van der Waals surface area contributed by atoms with Crippen molar-refractivity contribution in [3.63, 3.8) is 0 Å². The second-order valence-electron chi connectivity index (χ2n) is 5.90. The molecule has 0 bridgehead atoms. The maximum atomic E-state index is 12.5. The summed E-state index contributed by atoms with van der Waals surface area (Å²) in [5.41, 5.74) is 1.11. The minimum absolute atomic E-state index is 0.0165. The number of nitrogens with one attached hydrogen (secondary N) is 1. The summed E-state index contributed by atoms with van der Waals surface area (Å²) in [6.45, 7) is 6.48. The maximum Gasteiger partial charge on any atom is 0.337 e. The Balaban J connectivity index is 2.36. The zero-order chi connectivity index (χ0) is 20.2. The number of aromatic carboxylic acids is 1. The molecule has 0 atom stereocenters. The molecular weight excluding hydrogens is 368 g/mol. The smallest absolute Gasteiger partial charge is 0.337 e. The van der Waals surface area contributed by atoms with Crippen molar-refractivity contribution in [1.29, 1.82) is 0 Å². The second kappa shape index (κ2) is 8.22. The summed E-state index contributed by atoms with van der Waals surface area (Å²) in [4.78, 5) is 24.8. The van der Waals surface area contributed by atoms with Gasteiger partial charge in [0.25, 0.3) is 10.0 Å². The van der Waals surface area contributed by atoms with Crippen LogP contribution in [-0.2, 0) is 10.0 Å². The number of carbonyl (C=O) groups excluding carboxylic acids is 1. The fraction of sp³-hybridized carbons (Fsp3) is 0.263. The van der Waals surface area contributed by atoms with Gasteiger partial charge in [-0.25, -0.2) is 13.2 Å². The molecule has 2 rings (SSSR count). The van der Waals surface area contributed by atoms with E-state index < -0.39 is 16.0 Å². The molecular formula is C19H22N2O5S. The summed E-state index contributed by atoms with van der Waals surface area (Å²) in [5.74, 6) is -1.30. The SMILES string of the molecule is CCN(CC)c1ccc(NS(=O)(=O)c2ccc(C(C)=O)cc2)cc1C(=O)O. The number of Topliss-reactive ketones (excluding diaryl/α,β-unsaturated/α-hetero) is 1. The molecule has 0 aliphatic heterocycles. The lowest BCUT2D eigenvalue weighted by atomic mass is 10.1. The van der Waals surface area contributed by atoms with Crippen LogP contribution >= 0.6 is 0 Å². The first-order chi connectivity index (χ1) is 12.7. The van der Waals surface area contributed by atoms with Gasteiger partial charge in [0.2, 0.25) is 0 Å². The molecule has 7 nitrogen and oxygen atoms in total. The first kappa shape index (κ1) is 20.4. The fourth-order valence-electron chi connectivity index (χ4n) is 2.69. The van der Waals surface area contributed by atoms with Crippen LogP contribution in [0.25, 0.3) is 0 Å². The van der Waals surface area contributed by atoms with Crippen molar-refractivity contribution in [2.75, 3.05) is 22.7 Å². The highest BCUT2D eigenvalue weighted by atomic mass is 32.2. The molecule has 27 heavy (non-hydrogen) atoms. The van der Waals surface area contributed by atoms with E-state index in [0.717, 1.165) is 0 Å². The summed E-state index contributed by atoms with van der Waals surface area (Å²) < 4.78 is 27.5. The first-order valence-electron chi connectivity index (χ1n) is 8.45. The molecule has 144 valence electrons. The van der Waals surface area contributed by atoms with E-state index in [4.69, 9.17) is 0 Å². The number of anilines is 2. The van der Waals surface area contributed by atoms with Gasteiger partial charge in [-0.1, -0.05) is 12.1 Å². The lowest BCUT2D eigenvalue weighted by Gasteiger charge is -2.23. The minimum Gasteiger partial charge on any atom is -0.478 e. The average molecular weight is 390 g/mol. The number of carbonyl (C=O) groups is 2. The highest BCUT2D eigenvalue weighted by Gasteiger charge is 2.19. The summed E-state index contributed by atoms with van der Waals surface area (Å²) in [5, 5.41) is 9.49. The zero-order valence-electron chi connectivity index (χ0n) is 15.4. The lowest BCUT2D eigenvalue weighted by Crippen LogP contribution is -2.24. The summed E-state index contributed by atoms with van der Waals surface area (Å²) in [6.07, 6.45) is 0. The van der Waals surface area contributed by atoms with Crippen LogP contribution < -0.4 is 9.62 Å². The largest absolute Gasteiger partial charge is 0.478 e. The number of hydrogen-bond acceptors (Lipinski definition) is 5. The van der Waals surface area contributed by atoms with E-state index in [0.29, 0.717) is 24.3 Å². The molecule has 2 aromatic rings. The Kier molecular flexibility index (Phi) is 6.22. The number of carboxylic acid groups (broad SMARTS) is 1. The molecule has 0 aromatic heterocycles. The van der Waals surface area contributed by atoms with E-state index in [2.05, 4.69) is 4.72 Å². The Labute approximate surface area is 158 Å². The van der Waals surface area contributed by atoms with Crippen LogP contribution in [0.15, 0.2) is 47.4 Å². The van der Waals surface area contributed by atoms with Crippen molar-refractivity contribution >= 4 is 33.2 Å². The summed E-state index contributed by atoms with van der Waals surface area (Å²) in [6, 6.07) is 9.96. The third kappa shape index (κ3) is 4.65. The highest BCUT2D eigenvalue weighted by Crippen LogP contribution is 2.26. The van der Waals surface area contributed by atoms with Gasteiger partial charge in [0.15, 0.2) is 5.78 Å². The van der Waals surface area contributed by atoms with E-state index in [1.54, 1.807) is 6.07 Å². The van der Waals surface area contributed by atoms with Gasteiger partial charge in [-0.05, 0) is 51.1 Å². The van der Waals surface area contributed by atoms with Gasteiger partial charge in [0.05, 0.1) is 16.1 Å². The molecule has 8 heteroatoms. The Bertz CT molecular complexity index is 949. The monoisotopic (exact) mass is 390 g/mol. The third-order valence-electron chi connectivity index (χ3n) is 4.15. The predicted molar refractivity (Wildman–Crippen MR) is 104 cm³/mol. The predicted octanol–water partition coefficient (Wildman–Crippen LogP) is 3.23. The molecule has 0 fully saturated rings. The molecule has 0 heterocycles. The van der Waals surface area contributed by atoms with Crippen LogP contribution in [0.3, 0.4) is 0 Å². The molecule has 0 aliphatic rings. The van der Waals surface area contributed by atoms with E-state index in [-0.39, 0.29) is 21.9 Å². The second-order valence-corrected chi connectivity index (χ2v) is 7.58. The quantitative estimate of drug-likeness (QED) is 0.671. The number of nitrogens with zero attached hydrogens (tertiary/aromatic N) is 1. The number of sulfonamides is 1. The standard InChI is InChI=1S/C19H22N2O5S/c1-4-21(5-2)18-11-8-15(12-17(18)19(23)24)20-27(25,26)16-9-6-14(7-10-16)13(3)22/h6-12,20H,4-5H2,1-3H3,(H,23,24). The maximum absolute atomic E-state index is 12.5. The Morgan fingerprint density at radius 3 is 2.11 bits per heavy atom. The van der Waals surface area contributed by atoms with E-state index in [1.165, 1.54) is 43.3 Å². The topological polar surface area (TPSA) is 104 Å². The summed E-state index contributed by atoms with van der Waals surface area (Å²) >= 11 is 0. The lowest BCUT2D eigenvalue weighted by molar-refractivity contribution is 0.0697. The zero-order valence-corrected chi connectivity index (χ0v) is 16.2. The van der Waals surface area contributed by atoms with Gasteiger partial charge >= 0.3 is 5.97 Å². The Hall–Kier alpha value is -2.87. The van der Waals surface area contributed by atoms with Gasteiger partial charge in [0.1, 0.15) is 0 Å². The van der Waals surface area contributed by atoms with Crippen molar-refractivity contribution in [1.82, 2.24) is 0 Å². The van der Waals surface area contributed by atoms with Gasteiger partial charge in [-0.15, -0.1) is 0 Å². The molecule has 0 saturated heterocycles. The molecule has 0 unspecified atom stereocenters. The number of carboxylic acids is 1. The number of hydrogen-bond donors (Lipinski definition) is 2. The molecule has 2 aromatic carbocycles. The molecule has 0 saturated carbocycles. The Morgan fingerprint density at radius 1 is 1.04 bits per heavy atom. The molecule has 0 spiro atoms. The molecule has 0 aliphatic carbocycles. The van der Waals surface area contributed by atoms with Gasteiger partial charge in [0, 0.05) is 24.3 Å². The van der Waals surface area contributed by atoms with E-state index >= 15 is 0 Å². The van der Waals surface area contributed by atoms with E-state index in [1.807, 2.05) is 18.7 Å². The van der Waals surface area contributed by atoms with Crippen LogP contribution in [0.1, 0.15) is 41.5 Å². The van der Waals surface area contributed by atoms with Crippen molar-refractivity contribution in [3.05, 3.63) is 53.6 Å². The fourth-order valence-corrected chi connectivity index (χ4v) is 3.74. The van der Waals surface area contributed by atoms with Crippen LogP contribution in [0.5, 0.6) is 0 Å². The third-order valence-corrected chi connectivity index (χ3v) is 5.55. The highest BCUT2D eigenvalue weighted by molar-refractivity contribution is 7.92. The van der Waals surface area contributed by atoms with Gasteiger partial charge in [-0.2, -0.15) is 0 Å². The number of benzene rings is 2. The minimum atomic E-state index is -3.91.